The summed E-state index contributed by atoms with van der Waals surface area (Å²) in [5, 5.41) is 3.75. The molecule has 0 radical (unpaired) electrons. The molecule has 0 spiro atoms. The van der Waals surface area contributed by atoms with Crippen LogP contribution in [0.2, 0.25) is 20.1 Å². The van der Waals surface area contributed by atoms with Crippen LogP contribution in [0.1, 0.15) is 26.3 Å². The van der Waals surface area contributed by atoms with E-state index in [-0.39, 0.29) is 28.1 Å². The molecule has 40 heavy (non-hydrogen) atoms. The minimum Gasteiger partial charge on any atom is -0.354 e. The second kappa shape index (κ2) is 13.9. The number of hydrogen-bond donors (Lipinski definition) is 1. The van der Waals surface area contributed by atoms with Crippen LogP contribution in [0, 0.1) is 5.92 Å². The smallest absolute Gasteiger partial charge is 0.264 e. The van der Waals surface area contributed by atoms with Gasteiger partial charge in [0.05, 0.1) is 15.6 Å². The molecular weight excluding hydrogens is 616 g/mol. The predicted molar refractivity (Wildman–Crippen MR) is 162 cm³/mol. The molecule has 7 nitrogen and oxygen atoms in total. The molecule has 2 amide bonds. The van der Waals surface area contributed by atoms with Crippen LogP contribution in [-0.2, 0) is 26.2 Å². The first-order valence-electron chi connectivity index (χ1n) is 12.4. The van der Waals surface area contributed by atoms with E-state index in [1.54, 1.807) is 43.3 Å². The van der Waals surface area contributed by atoms with E-state index < -0.39 is 34.4 Å². The maximum Gasteiger partial charge on any atom is 0.264 e. The number of rotatable bonds is 11. The molecule has 0 saturated heterocycles. The first kappa shape index (κ1) is 32.0. The van der Waals surface area contributed by atoms with E-state index in [2.05, 4.69) is 5.32 Å². The van der Waals surface area contributed by atoms with Gasteiger partial charge < -0.3 is 10.2 Å². The molecule has 0 unspecified atom stereocenters. The summed E-state index contributed by atoms with van der Waals surface area (Å²) in [7, 11) is -4.27. The molecular formula is C28H29Cl4N3O4S. The third-order valence-electron chi connectivity index (χ3n) is 6.03. The number of carbonyl (C=O) groups excluding carboxylic acids is 2. The molecule has 0 fully saturated rings. The van der Waals surface area contributed by atoms with E-state index in [9.17, 15) is 18.0 Å². The molecule has 0 bridgehead atoms. The van der Waals surface area contributed by atoms with Crippen molar-refractivity contribution in [3.63, 3.8) is 0 Å². The Morgan fingerprint density at radius 2 is 1.48 bits per heavy atom. The van der Waals surface area contributed by atoms with Gasteiger partial charge in [0.15, 0.2) is 0 Å². The van der Waals surface area contributed by atoms with Gasteiger partial charge in [0.2, 0.25) is 11.8 Å². The van der Waals surface area contributed by atoms with E-state index in [4.69, 9.17) is 46.4 Å². The second-order valence-electron chi connectivity index (χ2n) is 9.46. The zero-order valence-electron chi connectivity index (χ0n) is 22.1. The van der Waals surface area contributed by atoms with Crippen molar-refractivity contribution >= 4 is 73.9 Å². The lowest BCUT2D eigenvalue weighted by atomic mass is 10.1. The Labute approximate surface area is 255 Å². The van der Waals surface area contributed by atoms with E-state index in [0.29, 0.717) is 27.2 Å². The molecule has 0 aliphatic carbocycles. The lowest BCUT2D eigenvalue weighted by molar-refractivity contribution is -0.139. The summed E-state index contributed by atoms with van der Waals surface area (Å²) in [6.07, 6.45) is 0. The molecule has 0 aromatic heterocycles. The van der Waals surface area contributed by atoms with Gasteiger partial charge in [0, 0.05) is 33.7 Å². The normalized spacial score (nSPS) is 12.2. The highest BCUT2D eigenvalue weighted by molar-refractivity contribution is 7.92. The SMILES string of the molecule is CC(C)CNC(=O)[C@H](C)N(Cc1c(Cl)cccc1Cl)C(=O)CN(c1ccc(Cl)cc1Cl)S(=O)(=O)c1ccccc1. The van der Waals surface area contributed by atoms with E-state index in [1.165, 1.54) is 35.2 Å². The van der Waals surface area contributed by atoms with Crippen LogP contribution in [0.4, 0.5) is 5.69 Å². The quantitative estimate of drug-likeness (QED) is 0.252. The topological polar surface area (TPSA) is 86.8 Å². The Bertz CT molecular complexity index is 1450. The van der Waals surface area contributed by atoms with Crippen molar-refractivity contribution in [2.45, 2.75) is 38.3 Å². The summed E-state index contributed by atoms with van der Waals surface area (Å²) in [5.41, 5.74) is 0.473. The molecule has 0 aliphatic rings. The Hall–Kier alpha value is -2.49. The van der Waals surface area contributed by atoms with Crippen molar-refractivity contribution < 1.29 is 18.0 Å². The molecule has 3 rings (SSSR count). The highest BCUT2D eigenvalue weighted by Gasteiger charge is 2.34. The van der Waals surface area contributed by atoms with E-state index in [1.807, 2.05) is 13.8 Å². The number of nitrogens with zero attached hydrogens (tertiary/aromatic N) is 2. The zero-order chi connectivity index (χ0) is 29.6. The number of hydrogen-bond acceptors (Lipinski definition) is 4. The van der Waals surface area contributed by atoms with Crippen molar-refractivity contribution in [2.24, 2.45) is 5.92 Å². The van der Waals surface area contributed by atoms with Crippen LogP contribution >= 0.6 is 46.4 Å². The van der Waals surface area contributed by atoms with Gasteiger partial charge in [-0.05, 0) is 55.3 Å². The summed E-state index contributed by atoms with van der Waals surface area (Å²) in [5.74, 6) is -0.905. The third-order valence-corrected chi connectivity index (χ3v) is 9.05. The minimum absolute atomic E-state index is 0.0308. The molecule has 1 N–H and O–H groups in total. The van der Waals surface area contributed by atoms with Crippen LogP contribution < -0.4 is 9.62 Å². The fourth-order valence-corrected chi connectivity index (χ4v) is 6.34. The molecule has 12 heteroatoms. The van der Waals surface area contributed by atoms with E-state index >= 15 is 0 Å². The summed E-state index contributed by atoms with van der Waals surface area (Å²) in [4.78, 5) is 28.3. The average Bonchev–Trinajstić information content (AvgIpc) is 2.90. The zero-order valence-corrected chi connectivity index (χ0v) is 25.9. The van der Waals surface area contributed by atoms with Gasteiger partial charge in [-0.25, -0.2) is 8.42 Å². The highest BCUT2D eigenvalue weighted by Crippen LogP contribution is 2.33. The fourth-order valence-electron chi connectivity index (χ4n) is 3.81. The average molecular weight is 645 g/mol. The first-order chi connectivity index (χ1) is 18.8. The van der Waals surface area contributed by atoms with Crippen molar-refractivity contribution in [3.8, 4) is 0 Å². The number of halogens is 4. The summed E-state index contributed by atoms with van der Waals surface area (Å²) in [6, 6.07) is 15.9. The van der Waals surface area contributed by atoms with Crippen LogP contribution in [0.25, 0.3) is 0 Å². The van der Waals surface area contributed by atoms with Gasteiger partial charge in [-0.3, -0.25) is 13.9 Å². The van der Waals surface area contributed by atoms with Crippen molar-refractivity contribution in [1.29, 1.82) is 0 Å². The molecule has 1 atom stereocenters. The first-order valence-corrected chi connectivity index (χ1v) is 15.3. The molecule has 214 valence electrons. The Balaban J connectivity index is 2.07. The number of anilines is 1. The van der Waals surface area contributed by atoms with E-state index in [0.717, 1.165) is 4.31 Å². The summed E-state index contributed by atoms with van der Waals surface area (Å²) >= 11 is 25.3. The van der Waals surface area contributed by atoms with Crippen molar-refractivity contribution in [3.05, 3.63) is 92.4 Å². The van der Waals surface area contributed by atoms with Gasteiger partial charge >= 0.3 is 0 Å². The Kier molecular flexibility index (Phi) is 11.1. The number of sulfonamides is 1. The number of nitrogens with one attached hydrogen (secondary N) is 1. The Morgan fingerprint density at radius 3 is 2.05 bits per heavy atom. The monoisotopic (exact) mass is 643 g/mol. The van der Waals surface area contributed by atoms with Crippen molar-refractivity contribution in [1.82, 2.24) is 10.2 Å². The van der Waals surface area contributed by atoms with Crippen LogP contribution in [0.5, 0.6) is 0 Å². The molecule has 3 aromatic rings. The predicted octanol–water partition coefficient (Wildman–Crippen LogP) is 6.69. The Morgan fingerprint density at radius 1 is 0.850 bits per heavy atom. The van der Waals surface area contributed by atoms with Gasteiger partial charge in [0.1, 0.15) is 12.6 Å². The molecule has 0 aliphatic heterocycles. The number of amides is 2. The largest absolute Gasteiger partial charge is 0.354 e. The fraction of sp³-hybridized carbons (Fsp3) is 0.286. The maximum absolute atomic E-state index is 14.0. The molecule has 3 aromatic carbocycles. The van der Waals surface area contributed by atoms with Crippen molar-refractivity contribution in [2.75, 3.05) is 17.4 Å². The standard InChI is InChI=1S/C28H29Cl4N3O4S/c1-18(2)15-33-28(37)19(3)34(16-22-23(30)10-7-11-24(22)31)27(36)17-35(26-13-12-20(29)14-25(26)32)40(38,39)21-8-5-4-6-9-21/h4-14,18-19H,15-17H2,1-3H3,(H,33,37)/t19-/m0/s1. The van der Waals surface area contributed by atoms with Gasteiger partial charge in [-0.15, -0.1) is 0 Å². The second-order valence-corrected chi connectivity index (χ2v) is 13.0. The van der Waals surface area contributed by atoms with Gasteiger partial charge in [-0.1, -0.05) is 84.5 Å². The lowest BCUT2D eigenvalue weighted by Gasteiger charge is -2.32. The third kappa shape index (κ3) is 7.83. The maximum atomic E-state index is 14.0. The number of carbonyl (C=O) groups is 2. The lowest BCUT2D eigenvalue weighted by Crippen LogP contribution is -2.51. The van der Waals surface area contributed by atoms with Gasteiger partial charge in [0.25, 0.3) is 10.0 Å². The van der Waals surface area contributed by atoms with Gasteiger partial charge in [-0.2, -0.15) is 0 Å². The number of benzene rings is 3. The van der Waals surface area contributed by atoms with Crippen LogP contribution in [0.15, 0.2) is 71.6 Å². The molecule has 0 heterocycles. The summed E-state index contributed by atoms with van der Waals surface area (Å²) < 4.78 is 28.5. The minimum atomic E-state index is -4.27. The highest BCUT2D eigenvalue weighted by atomic mass is 35.5. The molecule has 0 saturated carbocycles. The summed E-state index contributed by atoms with van der Waals surface area (Å²) in [6.45, 7) is 5.04. The van der Waals surface area contributed by atoms with Crippen LogP contribution in [-0.4, -0.2) is 44.3 Å². The van der Waals surface area contributed by atoms with Crippen LogP contribution in [0.3, 0.4) is 0 Å².